The molecule has 110 valence electrons. The molecule has 3 heteroatoms. The second-order valence-corrected chi connectivity index (χ2v) is 5.64. The minimum atomic E-state index is 0.494. The van der Waals surface area contributed by atoms with Gasteiger partial charge in [0.25, 0.3) is 0 Å². The molecule has 1 saturated carbocycles. The van der Waals surface area contributed by atoms with Crippen molar-refractivity contribution in [3.05, 3.63) is 54.1 Å². The van der Waals surface area contributed by atoms with E-state index in [-0.39, 0.29) is 0 Å². The van der Waals surface area contributed by atoms with E-state index >= 15 is 0 Å². The Morgan fingerprint density at radius 2 is 2.00 bits per heavy atom. The molecule has 0 saturated heterocycles. The number of ether oxygens (including phenoxy) is 1. The zero-order valence-corrected chi connectivity index (χ0v) is 12.4. The first-order valence-corrected chi connectivity index (χ1v) is 7.61. The van der Waals surface area contributed by atoms with Gasteiger partial charge in [0.05, 0.1) is 6.61 Å². The van der Waals surface area contributed by atoms with E-state index < -0.39 is 0 Å². The van der Waals surface area contributed by atoms with E-state index in [9.17, 15) is 0 Å². The van der Waals surface area contributed by atoms with Crippen molar-refractivity contribution < 1.29 is 4.74 Å². The van der Waals surface area contributed by atoms with Crippen LogP contribution in [-0.4, -0.2) is 12.6 Å². The first-order chi connectivity index (χ1) is 10.3. The summed E-state index contributed by atoms with van der Waals surface area (Å²) in [6, 6.07) is 17.0. The number of hydrogen-bond donors (Lipinski definition) is 2. The Morgan fingerprint density at radius 1 is 1.19 bits per heavy atom. The molecule has 1 fully saturated rings. The maximum atomic E-state index is 5.95. The summed E-state index contributed by atoms with van der Waals surface area (Å²) in [7, 11) is 0. The Bertz CT molecular complexity index is 597. The van der Waals surface area contributed by atoms with Crippen LogP contribution in [0.3, 0.4) is 0 Å². The maximum Gasteiger partial charge on any atom is 0.123 e. The molecule has 0 spiro atoms. The maximum absolute atomic E-state index is 5.95. The number of hydrogen-bond acceptors (Lipinski definition) is 3. The standard InChI is InChI=1S/C18H22N2O/c1-2-8-21-16-10-14(19)9-15(11-16)20-18-12-17(18)13-6-4-3-5-7-13/h3-7,9-11,17-18,20H,2,8,12,19H2,1H3. The number of nitrogens with one attached hydrogen (secondary N) is 1. The van der Waals surface area contributed by atoms with E-state index in [0.29, 0.717) is 12.0 Å². The Morgan fingerprint density at radius 3 is 2.76 bits per heavy atom. The average Bonchev–Trinajstić information content (AvgIpc) is 3.24. The zero-order chi connectivity index (χ0) is 14.7. The topological polar surface area (TPSA) is 47.3 Å². The summed E-state index contributed by atoms with van der Waals surface area (Å²) in [6.07, 6.45) is 2.17. The molecule has 0 amide bonds. The van der Waals surface area contributed by atoms with E-state index in [1.807, 2.05) is 18.2 Å². The molecule has 2 aromatic rings. The minimum Gasteiger partial charge on any atom is -0.493 e. The molecule has 2 unspecified atom stereocenters. The molecule has 0 aromatic heterocycles. The van der Waals surface area contributed by atoms with Crippen molar-refractivity contribution in [3.63, 3.8) is 0 Å². The predicted molar refractivity (Wildman–Crippen MR) is 87.9 cm³/mol. The second kappa shape index (κ2) is 6.08. The fraction of sp³-hybridized carbons (Fsp3) is 0.333. The van der Waals surface area contributed by atoms with Gasteiger partial charge in [0.15, 0.2) is 0 Å². The van der Waals surface area contributed by atoms with Gasteiger partial charge in [-0.15, -0.1) is 0 Å². The fourth-order valence-electron chi connectivity index (χ4n) is 2.65. The number of anilines is 2. The number of benzene rings is 2. The normalized spacial score (nSPS) is 20.0. The van der Waals surface area contributed by atoms with Crippen LogP contribution < -0.4 is 15.8 Å². The Balaban J connectivity index is 1.65. The van der Waals surface area contributed by atoms with Crippen molar-refractivity contribution in [1.82, 2.24) is 0 Å². The van der Waals surface area contributed by atoms with Crippen molar-refractivity contribution in [2.75, 3.05) is 17.7 Å². The first kappa shape index (κ1) is 13.8. The summed E-state index contributed by atoms with van der Waals surface area (Å²) in [4.78, 5) is 0. The zero-order valence-electron chi connectivity index (χ0n) is 12.4. The first-order valence-electron chi connectivity index (χ1n) is 7.61. The summed E-state index contributed by atoms with van der Waals surface area (Å²) in [5.74, 6) is 1.45. The highest BCUT2D eigenvalue weighted by molar-refractivity contribution is 5.60. The van der Waals surface area contributed by atoms with E-state index in [1.54, 1.807) is 0 Å². The van der Waals surface area contributed by atoms with Crippen LogP contribution in [0.1, 0.15) is 31.2 Å². The van der Waals surface area contributed by atoms with Crippen LogP contribution in [0.15, 0.2) is 48.5 Å². The predicted octanol–water partition coefficient (Wildman–Crippen LogP) is 4.03. The summed E-state index contributed by atoms with van der Waals surface area (Å²) in [5, 5.41) is 3.56. The Kier molecular flexibility index (Phi) is 4.00. The van der Waals surface area contributed by atoms with Gasteiger partial charge in [0, 0.05) is 35.5 Å². The highest BCUT2D eigenvalue weighted by Gasteiger charge is 2.38. The molecular formula is C18H22N2O. The van der Waals surface area contributed by atoms with Crippen LogP contribution in [0.2, 0.25) is 0 Å². The van der Waals surface area contributed by atoms with Gasteiger partial charge >= 0.3 is 0 Å². The van der Waals surface area contributed by atoms with E-state index in [2.05, 4.69) is 42.6 Å². The van der Waals surface area contributed by atoms with Crippen LogP contribution >= 0.6 is 0 Å². The van der Waals surface area contributed by atoms with Gasteiger partial charge in [-0.25, -0.2) is 0 Å². The number of nitrogens with two attached hydrogens (primary N) is 1. The molecular weight excluding hydrogens is 260 g/mol. The molecule has 3 N–H and O–H groups in total. The van der Waals surface area contributed by atoms with Crippen molar-refractivity contribution in [2.24, 2.45) is 0 Å². The van der Waals surface area contributed by atoms with Crippen LogP contribution in [0.25, 0.3) is 0 Å². The largest absolute Gasteiger partial charge is 0.493 e. The summed E-state index contributed by atoms with van der Waals surface area (Å²) >= 11 is 0. The van der Waals surface area contributed by atoms with Gasteiger partial charge in [-0.3, -0.25) is 0 Å². The summed E-state index contributed by atoms with van der Waals surface area (Å²) in [6.45, 7) is 2.82. The van der Waals surface area contributed by atoms with Crippen molar-refractivity contribution in [3.8, 4) is 5.75 Å². The van der Waals surface area contributed by atoms with Crippen molar-refractivity contribution in [1.29, 1.82) is 0 Å². The highest BCUT2D eigenvalue weighted by Crippen LogP contribution is 2.43. The van der Waals surface area contributed by atoms with Gasteiger partial charge in [0.2, 0.25) is 0 Å². The van der Waals surface area contributed by atoms with Gasteiger partial charge in [0.1, 0.15) is 5.75 Å². The van der Waals surface area contributed by atoms with E-state index in [0.717, 1.165) is 30.2 Å². The molecule has 0 radical (unpaired) electrons. The third-order valence-corrected chi connectivity index (χ3v) is 3.77. The highest BCUT2D eigenvalue weighted by atomic mass is 16.5. The molecule has 2 aromatic carbocycles. The van der Waals surface area contributed by atoms with Crippen molar-refractivity contribution >= 4 is 11.4 Å². The average molecular weight is 282 g/mol. The Hall–Kier alpha value is -2.16. The molecule has 1 aliphatic carbocycles. The summed E-state index contributed by atoms with van der Waals surface area (Å²) < 4.78 is 5.67. The molecule has 0 heterocycles. The lowest BCUT2D eigenvalue weighted by molar-refractivity contribution is 0.318. The smallest absolute Gasteiger partial charge is 0.123 e. The second-order valence-electron chi connectivity index (χ2n) is 5.64. The van der Waals surface area contributed by atoms with Gasteiger partial charge in [-0.1, -0.05) is 37.3 Å². The third-order valence-electron chi connectivity index (χ3n) is 3.77. The lowest BCUT2D eigenvalue weighted by Gasteiger charge is -2.11. The molecule has 2 atom stereocenters. The van der Waals surface area contributed by atoms with E-state index in [4.69, 9.17) is 10.5 Å². The molecule has 3 rings (SSSR count). The molecule has 3 nitrogen and oxygen atoms in total. The Labute approximate surface area is 126 Å². The number of nitrogen functional groups attached to an aromatic ring is 1. The fourth-order valence-corrected chi connectivity index (χ4v) is 2.65. The van der Waals surface area contributed by atoms with Gasteiger partial charge < -0.3 is 15.8 Å². The SMILES string of the molecule is CCCOc1cc(N)cc(NC2CC2c2ccccc2)c1. The van der Waals surface area contributed by atoms with Crippen LogP contribution in [0.4, 0.5) is 11.4 Å². The van der Waals surface area contributed by atoms with Crippen LogP contribution in [-0.2, 0) is 0 Å². The molecule has 0 bridgehead atoms. The molecule has 21 heavy (non-hydrogen) atoms. The lowest BCUT2D eigenvalue weighted by atomic mass is 10.1. The number of rotatable bonds is 6. The summed E-state index contributed by atoms with van der Waals surface area (Å²) in [5.41, 5.74) is 9.14. The minimum absolute atomic E-state index is 0.494. The molecule has 1 aliphatic rings. The lowest BCUT2D eigenvalue weighted by Crippen LogP contribution is -2.05. The van der Waals surface area contributed by atoms with Crippen LogP contribution in [0, 0.1) is 0 Å². The van der Waals surface area contributed by atoms with E-state index in [1.165, 1.54) is 12.0 Å². The quantitative estimate of drug-likeness (QED) is 0.786. The van der Waals surface area contributed by atoms with Crippen LogP contribution in [0.5, 0.6) is 5.75 Å². The molecule has 0 aliphatic heterocycles. The monoisotopic (exact) mass is 282 g/mol. The van der Waals surface area contributed by atoms with Gasteiger partial charge in [-0.05, 0) is 24.5 Å². The van der Waals surface area contributed by atoms with Gasteiger partial charge in [-0.2, -0.15) is 0 Å². The third kappa shape index (κ3) is 3.48. The van der Waals surface area contributed by atoms with Crippen molar-refractivity contribution in [2.45, 2.75) is 31.7 Å².